The van der Waals surface area contributed by atoms with Crippen molar-refractivity contribution in [2.45, 2.75) is 51.0 Å². The average molecular weight is 309 g/mol. The molecule has 1 N–H and O–H groups in total. The van der Waals surface area contributed by atoms with Gasteiger partial charge in [0.05, 0.1) is 5.69 Å². The van der Waals surface area contributed by atoms with Crippen LogP contribution >= 0.6 is 11.8 Å². The summed E-state index contributed by atoms with van der Waals surface area (Å²) in [4.78, 5) is 26.8. The molecule has 0 saturated carbocycles. The summed E-state index contributed by atoms with van der Waals surface area (Å²) < 4.78 is 0. The standard InChI is InChI=1S/C15H23N3O2S/c1-5-11-12(6-2)16-17-14(19)13(11)15(20)18-7-9(3)21-10(4)8-18/h9-10H,5-8H2,1-4H3,(H,17,19)/t9-,10-/m0/s1. The molecular formula is C15H23N3O2S. The Morgan fingerprint density at radius 3 is 2.43 bits per heavy atom. The maximum atomic E-state index is 12.8. The molecule has 1 aliphatic rings. The number of aryl methyl sites for hydroxylation is 1. The van der Waals surface area contributed by atoms with Gasteiger partial charge in [-0.15, -0.1) is 0 Å². The smallest absolute Gasteiger partial charge is 0.277 e. The topological polar surface area (TPSA) is 66.1 Å². The van der Waals surface area contributed by atoms with E-state index in [1.54, 1.807) is 0 Å². The van der Waals surface area contributed by atoms with Crippen molar-refractivity contribution in [3.05, 3.63) is 27.2 Å². The van der Waals surface area contributed by atoms with E-state index in [-0.39, 0.29) is 17.0 Å². The van der Waals surface area contributed by atoms with Gasteiger partial charge in [0.1, 0.15) is 5.56 Å². The Labute approximate surface area is 129 Å². The third-order valence-corrected chi connectivity index (χ3v) is 5.01. The van der Waals surface area contributed by atoms with Gasteiger partial charge >= 0.3 is 0 Å². The number of nitrogens with zero attached hydrogens (tertiary/aromatic N) is 2. The lowest BCUT2D eigenvalue weighted by atomic mass is 10.0. The number of carbonyl (C=O) groups excluding carboxylic acids is 1. The highest BCUT2D eigenvalue weighted by molar-refractivity contribution is 8.00. The molecule has 1 aromatic rings. The molecule has 0 spiro atoms. The van der Waals surface area contributed by atoms with Crippen molar-refractivity contribution in [1.29, 1.82) is 0 Å². The van der Waals surface area contributed by atoms with E-state index in [0.717, 1.165) is 11.3 Å². The van der Waals surface area contributed by atoms with Crippen LogP contribution in [0.2, 0.25) is 0 Å². The largest absolute Gasteiger partial charge is 0.336 e. The number of nitrogens with one attached hydrogen (secondary N) is 1. The summed E-state index contributed by atoms with van der Waals surface area (Å²) in [6.07, 6.45) is 1.36. The summed E-state index contributed by atoms with van der Waals surface area (Å²) in [7, 11) is 0. The molecule has 0 unspecified atom stereocenters. The summed E-state index contributed by atoms with van der Waals surface area (Å²) in [5.41, 5.74) is 1.53. The van der Waals surface area contributed by atoms with Crippen molar-refractivity contribution < 1.29 is 4.79 Å². The highest BCUT2D eigenvalue weighted by Gasteiger charge is 2.29. The van der Waals surface area contributed by atoms with E-state index in [9.17, 15) is 9.59 Å². The first-order valence-electron chi connectivity index (χ1n) is 7.53. The van der Waals surface area contributed by atoms with E-state index in [1.807, 2.05) is 30.5 Å². The molecular weight excluding hydrogens is 286 g/mol. The van der Waals surface area contributed by atoms with Gasteiger partial charge in [0.15, 0.2) is 0 Å². The molecule has 1 saturated heterocycles. The molecule has 0 radical (unpaired) electrons. The predicted molar refractivity (Wildman–Crippen MR) is 86.0 cm³/mol. The van der Waals surface area contributed by atoms with Gasteiger partial charge in [-0.3, -0.25) is 9.59 Å². The quantitative estimate of drug-likeness (QED) is 0.925. The van der Waals surface area contributed by atoms with Crippen LogP contribution in [0.4, 0.5) is 0 Å². The number of amides is 1. The summed E-state index contributed by atoms with van der Waals surface area (Å²) >= 11 is 1.89. The lowest BCUT2D eigenvalue weighted by Gasteiger charge is -2.34. The summed E-state index contributed by atoms with van der Waals surface area (Å²) in [5.74, 6) is -0.149. The lowest BCUT2D eigenvalue weighted by molar-refractivity contribution is 0.0750. The Balaban J connectivity index is 2.41. The van der Waals surface area contributed by atoms with Gasteiger partial charge in [-0.1, -0.05) is 27.7 Å². The minimum atomic E-state index is -0.368. The van der Waals surface area contributed by atoms with Crippen molar-refractivity contribution in [3.63, 3.8) is 0 Å². The van der Waals surface area contributed by atoms with E-state index >= 15 is 0 Å². The second-order valence-corrected chi connectivity index (χ2v) is 7.41. The predicted octanol–water partition coefficient (Wildman–Crippen LogP) is 1.86. The summed E-state index contributed by atoms with van der Waals surface area (Å²) in [5, 5.41) is 7.35. The van der Waals surface area contributed by atoms with E-state index in [1.165, 1.54) is 0 Å². The summed E-state index contributed by atoms with van der Waals surface area (Å²) in [6.45, 7) is 9.57. The molecule has 116 valence electrons. The van der Waals surface area contributed by atoms with Gasteiger partial charge in [0.25, 0.3) is 11.5 Å². The molecule has 21 heavy (non-hydrogen) atoms. The maximum Gasteiger partial charge on any atom is 0.277 e. The third kappa shape index (κ3) is 3.31. The number of aromatic amines is 1. The van der Waals surface area contributed by atoms with Crippen LogP contribution in [0.1, 0.15) is 49.3 Å². The number of H-pyrrole nitrogens is 1. The fourth-order valence-corrected chi connectivity index (χ4v) is 4.25. The highest BCUT2D eigenvalue weighted by atomic mass is 32.2. The molecule has 5 nitrogen and oxygen atoms in total. The Hall–Kier alpha value is -1.30. The Morgan fingerprint density at radius 1 is 1.29 bits per heavy atom. The van der Waals surface area contributed by atoms with Crippen LogP contribution in [0.3, 0.4) is 0 Å². The molecule has 1 aromatic heterocycles. The third-order valence-electron chi connectivity index (χ3n) is 3.78. The van der Waals surface area contributed by atoms with Crippen LogP contribution in [-0.4, -0.2) is 44.6 Å². The number of hydrogen-bond donors (Lipinski definition) is 1. The number of aromatic nitrogens is 2. The zero-order chi connectivity index (χ0) is 15.6. The molecule has 2 atom stereocenters. The first kappa shape index (κ1) is 16.1. The molecule has 0 aromatic carbocycles. The number of rotatable bonds is 3. The van der Waals surface area contributed by atoms with Crippen molar-refractivity contribution in [2.75, 3.05) is 13.1 Å². The van der Waals surface area contributed by atoms with Crippen molar-refractivity contribution in [1.82, 2.24) is 15.1 Å². The molecule has 2 rings (SSSR count). The molecule has 6 heteroatoms. The van der Waals surface area contributed by atoms with Gasteiger partial charge in [0, 0.05) is 23.6 Å². The van der Waals surface area contributed by atoms with Crippen LogP contribution in [-0.2, 0) is 12.8 Å². The molecule has 2 heterocycles. The fourth-order valence-electron chi connectivity index (χ4n) is 2.92. The Bertz CT molecular complexity index is 575. The molecule has 1 amide bonds. The van der Waals surface area contributed by atoms with Crippen molar-refractivity contribution in [3.8, 4) is 0 Å². The van der Waals surface area contributed by atoms with Gasteiger partial charge in [-0.25, -0.2) is 5.10 Å². The van der Waals surface area contributed by atoms with Crippen molar-refractivity contribution >= 4 is 17.7 Å². The highest BCUT2D eigenvalue weighted by Crippen LogP contribution is 2.26. The minimum Gasteiger partial charge on any atom is -0.336 e. The van der Waals surface area contributed by atoms with Crippen LogP contribution < -0.4 is 5.56 Å². The zero-order valence-electron chi connectivity index (χ0n) is 13.1. The number of hydrogen-bond acceptors (Lipinski definition) is 4. The fraction of sp³-hybridized carbons (Fsp3) is 0.667. The number of thioether (sulfide) groups is 1. The Kier molecular flexibility index (Phi) is 5.08. The van der Waals surface area contributed by atoms with Crippen LogP contribution in [0.5, 0.6) is 0 Å². The van der Waals surface area contributed by atoms with Crippen LogP contribution in [0, 0.1) is 0 Å². The average Bonchev–Trinajstić information content (AvgIpc) is 2.45. The van der Waals surface area contributed by atoms with Crippen molar-refractivity contribution in [2.24, 2.45) is 0 Å². The Morgan fingerprint density at radius 2 is 1.90 bits per heavy atom. The number of carbonyl (C=O) groups is 1. The van der Waals surface area contributed by atoms with Gasteiger partial charge in [-0.05, 0) is 18.4 Å². The van der Waals surface area contributed by atoms with Gasteiger partial charge in [-0.2, -0.15) is 16.9 Å². The minimum absolute atomic E-state index is 0.149. The van der Waals surface area contributed by atoms with E-state index in [2.05, 4.69) is 24.0 Å². The molecule has 1 fully saturated rings. The maximum absolute atomic E-state index is 12.8. The van der Waals surface area contributed by atoms with E-state index < -0.39 is 0 Å². The van der Waals surface area contributed by atoms with E-state index in [4.69, 9.17) is 0 Å². The normalized spacial score (nSPS) is 22.4. The summed E-state index contributed by atoms with van der Waals surface area (Å²) in [6, 6.07) is 0. The molecule has 0 aliphatic carbocycles. The first-order valence-corrected chi connectivity index (χ1v) is 8.47. The van der Waals surface area contributed by atoms with Gasteiger partial charge in [0.2, 0.25) is 0 Å². The monoisotopic (exact) mass is 309 g/mol. The van der Waals surface area contributed by atoms with Gasteiger partial charge < -0.3 is 4.90 Å². The second-order valence-electron chi connectivity index (χ2n) is 5.53. The van der Waals surface area contributed by atoms with E-state index in [0.29, 0.717) is 36.4 Å². The molecule has 1 aliphatic heterocycles. The SMILES string of the molecule is CCc1n[nH]c(=O)c(C(=O)N2C[C@H](C)S[C@@H](C)C2)c1CC. The van der Waals surface area contributed by atoms with Crippen LogP contribution in [0.25, 0.3) is 0 Å². The zero-order valence-corrected chi connectivity index (χ0v) is 13.9. The van der Waals surface area contributed by atoms with Crippen LogP contribution in [0.15, 0.2) is 4.79 Å². The lowest BCUT2D eigenvalue weighted by Crippen LogP contribution is -2.46. The molecule has 0 bridgehead atoms. The first-order chi connectivity index (χ1) is 9.97. The second kappa shape index (κ2) is 6.64.